The molecule has 0 bridgehead atoms. The zero-order valence-corrected chi connectivity index (χ0v) is 24.4. The maximum atomic E-state index is 13.7. The minimum absolute atomic E-state index is 0.165. The summed E-state index contributed by atoms with van der Waals surface area (Å²) in [7, 11) is 1.60. The third-order valence-electron chi connectivity index (χ3n) is 8.07. The van der Waals surface area contributed by atoms with Gasteiger partial charge >= 0.3 is 0 Å². The lowest BCUT2D eigenvalue weighted by molar-refractivity contribution is 0.0950. The van der Waals surface area contributed by atoms with Gasteiger partial charge in [-0.3, -0.25) is 9.59 Å². The van der Waals surface area contributed by atoms with Gasteiger partial charge in [-0.15, -0.1) is 0 Å². The van der Waals surface area contributed by atoms with E-state index >= 15 is 0 Å². The number of H-pyrrole nitrogens is 1. The quantitative estimate of drug-likeness (QED) is 0.376. The number of methoxy groups -OCH3 is 1. The Morgan fingerprint density at radius 2 is 1.79 bits per heavy atom. The fourth-order valence-corrected chi connectivity index (χ4v) is 6.22. The van der Waals surface area contributed by atoms with Crippen LogP contribution in [0.25, 0.3) is 11.1 Å². The van der Waals surface area contributed by atoms with Gasteiger partial charge in [-0.05, 0) is 99.7 Å². The van der Waals surface area contributed by atoms with Gasteiger partial charge in [0, 0.05) is 59.5 Å². The van der Waals surface area contributed by atoms with E-state index in [9.17, 15) is 9.59 Å². The van der Waals surface area contributed by atoms with Crippen LogP contribution >= 0.6 is 0 Å². The van der Waals surface area contributed by atoms with Gasteiger partial charge < -0.3 is 19.9 Å². The Balaban J connectivity index is 1.75. The lowest BCUT2D eigenvalue weighted by Gasteiger charge is -2.41. The molecule has 7 heteroatoms. The largest absolute Gasteiger partial charge is 0.481 e. The molecular formula is C32H42N4O3. The van der Waals surface area contributed by atoms with E-state index in [0.717, 1.165) is 53.0 Å². The molecule has 4 rings (SSSR count). The summed E-state index contributed by atoms with van der Waals surface area (Å²) in [5.41, 5.74) is 6.55. The zero-order valence-electron chi connectivity index (χ0n) is 24.4. The van der Waals surface area contributed by atoms with Crippen LogP contribution in [0.5, 0.6) is 5.88 Å². The number of hydrogen-bond donors (Lipinski definition) is 2. The van der Waals surface area contributed by atoms with Gasteiger partial charge in [-0.25, -0.2) is 4.98 Å². The highest BCUT2D eigenvalue weighted by Gasteiger charge is 2.30. The number of benzene rings is 1. The van der Waals surface area contributed by atoms with E-state index in [1.165, 1.54) is 6.42 Å². The Hall–Kier alpha value is -3.61. The molecule has 1 saturated carbocycles. The number of pyridine rings is 2. The van der Waals surface area contributed by atoms with Crippen molar-refractivity contribution in [1.82, 2.24) is 15.3 Å². The Kier molecular flexibility index (Phi) is 8.78. The Morgan fingerprint density at radius 3 is 2.38 bits per heavy atom. The number of anilines is 1. The molecule has 1 amide bonds. The first-order valence-electron chi connectivity index (χ1n) is 14.0. The lowest BCUT2D eigenvalue weighted by Crippen LogP contribution is -2.41. The second-order valence-electron chi connectivity index (χ2n) is 11.2. The third kappa shape index (κ3) is 6.35. The highest BCUT2D eigenvalue weighted by atomic mass is 16.5. The molecule has 7 nitrogen and oxygen atoms in total. The molecule has 2 aromatic heterocycles. The van der Waals surface area contributed by atoms with E-state index < -0.39 is 0 Å². The van der Waals surface area contributed by atoms with Gasteiger partial charge in [0.05, 0.1) is 7.11 Å². The first-order chi connectivity index (χ1) is 18.6. The number of hydrogen-bond acceptors (Lipinski definition) is 5. The number of aromatic amines is 1. The molecule has 0 spiro atoms. The van der Waals surface area contributed by atoms with Crippen molar-refractivity contribution in [2.24, 2.45) is 11.8 Å². The number of carbonyl (C=O) groups excluding carboxylic acids is 1. The third-order valence-corrected chi connectivity index (χ3v) is 8.07. The van der Waals surface area contributed by atoms with Crippen LogP contribution in [0.1, 0.15) is 72.8 Å². The second-order valence-corrected chi connectivity index (χ2v) is 11.2. The molecule has 3 aromatic rings. The first-order valence-corrected chi connectivity index (χ1v) is 14.0. The summed E-state index contributed by atoms with van der Waals surface area (Å²) in [4.78, 5) is 35.9. The van der Waals surface area contributed by atoms with Crippen LogP contribution in [0, 0.1) is 32.6 Å². The van der Waals surface area contributed by atoms with E-state index in [4.69, 9.17) is 4.74 Å². The van der Waals surface area contributed by atoms with E-state index in [1.54, 1.807) is 13.3 Å². The van der Waals surface area contributed by atoms with Crippen molar-refractivity contribution in [3.8, 4) is 17.0 Å². The second kappa shape index (κ2) is 12.1. The average Bonchev–Trinajstić information content (AvgIpc) is 2.89. The number of aromatic nitrogens is 2. The van der Waals surface area contributed by atoms with Gasteiger partial charge in [0.1, 0.15) is 0 Å². The first kappa shape index (κ1) is 28.4. The van der Waals surface area contributed by atoms with Crippen LogP contribution in [0.2, 0.25) is 0 Å². The number of amides is 1. The smallest absolute Gasteiger partial charge is 0.253 e. The van der Waals surface area contributed by atoms with Crippen molar-refractivity contribution < 1.29 is 9.53 Å². The summed E-state index contributed by atoms with van der Waals surface area (Å²) in [5.74, 6) is 1.68. The highest BCUT2D eigenvalue weighted by molar-refractivity contribution is 5.99. The molecule has 208 valence electrons. The molecule has 2 atom stereocenters. The minimum atomic E-state index is -0.196. The summed E-state index contributed by atoms with van der Waals surface area (Å²) in [6.07, 6.45) is 5.33. The van der Waals surface area contributed by atoms with Gasteiger partial charge in [-0.1, -0.05) is 13.8 Å². The topological polar surface area (TPSA) is 87.3 Å². The van der Waals surface area contributed by atoms with E-state index in [0.29, 0.717) is 34.9 Å². The molecule has 1 aliphatic rings. The highest BCUT2D eigenvalue weighted by Crippen LogP contribution is 2.37. The predicted molar refractivity (Wildman–Crippen MR) is 158 cm³/mol. The van der Waals surface area contributed by atoms with Crippen molar-refractivity contribution in [3.63, 3.8) is 0 Å². The van der Waals surface area contributed by atoms with Gasteiger partial charge in [0.25, 0.3) is 11.5 Å². The van der Waals surface area contributed by atoms with Crippen LogP contribution in [-0.2, 0) is 6.54 Å². The molecule has 0 aliphatic heterocycles. The van der Waals surface area contributed by atoms with Crippen LogP contribution < -0.4 is 20.5 Å². The van der Waals surface area contributed by atoms with Crippen LogP contribution in [0.3, 0.4) is 0 Å². The van der Waals surface area contributed by atoms with Crippen LogP contribution in [-0.4, -0.2) is 35.6 Å². The summed E-state index contributed by atoms with van der Waals surface area (Å²) in [6.45, 7) is 13.7. The Labute approximate surface area is 232 Å². The number of nitrogens with one attached hydrogen (secondary N) is 2. The molecular weight excluding hydrogens is 488 g/mol. The minimum Gasteiger partial charge on any atom is -0.481 e. The van der Waals surface area contributed by atoms with Crippen molar-refractivity contribution in [2.75, 3.05) is 18.6 Å². The standard InChI is InChI=1S/C32H42N4O3/c1-8-36(26-12-19(2)11-20(3)13-26)29-16-25(24-9-10-30(39-7)33-17-24)15-27(23(29)6)31(37)34-18-28-21(4)14-22(5)35-32(28)38/h9-10,14-17,19-20,26H,8,11-13,18H2,1-7H3,(H,34,37)(H,35,38)/t19-,20-/m0/s1. The number of nitrogens with zero attached hydrogens (tertiary/aromatic N) is 2. The molecule has 1 aromatic carbocycles. The number of aryl methyl sites for hydroxylation is 2. The predicted octanol–water partition coefficient (Wildman–Crippen LogP) is 5.95. The van der Waals surface area contributed by atoms with Crippen molar-refractivity contribution in [1.29, 1.82) is 0 Å². The van der Waals surface area contributed by atoms with Gasteiger partial charge in [0.2, 0.25) is 5.88 Å². The molecule has 39 heavy (non-hydrogen) atoms. The molecule has 2 heterocycles. The molecule has 1 aliphatic carbocycles. The fourth-order valence-electron chi connectivity index (χ4n) is 6.22. The number of rotatable bonds is 8. The molecule has 0 unspecified atom stereocenters. The average molecular weight is 531 g/mol. The summed E-state index contributed by atoms with van der Waals surface area (Å²) >= 11 is 0. The number of carbonyl (C=O) groups is 1. The normalized spacial score (nSPS) is 19.0. The maximum absolute atomic E-state index is 13.7. The van der Waals surface area contributed by atoms with Crippen LogP contribution in [0.15, 0.2) is 41.3 Å². The SMILES string of the molecule is CCN(c1cc(-c2ccc(OC)nc2)cc(C(=O)NCc2c(C)cc(C)[nH]c2=O)c1C)C1C[C@@H](C)C[C@H](C)C1. The number of ether oxygens (including phenoxy) is 1. The summed E-state index contributed by atoms with van der Waals surface area (Å²) in [5, 5.41) is 3.02. The monoisotopic (exact) mass is 530 g/mol. The summed E-state index contributed by atoms with van der Waals surface area (Å²) in [6, 6.07) is 10.3. The van der Waals surface area contributed by atoms with Gasteiger partial charge in [-0.2, -0.15) is 0 Å². The summed E-state index contributed by atoms with van der Waals surface area (Å²) < 4.78 is 5.25. The molecule has 0 radical (unpaired) electrons. The maximum Gasteiger partial charge on any atom is 0.253 e. The van der Waals surface area contributed by atoms with Crippen molar-refractivity contribution in [2.45, 2.75) is 73.4 Å². The van der Waals surface area contributed by atoms with Crippen molar-refractivity contribution in [3.05, 3.63) is 74.8 Å². The van der Waals surface area contributed by atoms with Gasteiger partial charge in [0.15, 0.2) is 0 Å². The fraction of sp³-hybridized carbons (Fsp3) is 0.469. The Bertz CT molecular complexity index is 1370. The molecule has 0 saturated heterocycles. The van der Waals surface area contributed by atoms with E-state index in [-0.39, 0.29) is 18.0 Å². The lowest BCUT2D eigenvalue weighted by atomic mass is 9.79. The zero-order chi connectivity index (χ0) is 28.3. The van der Waals surface area contributed by atoms with E-state index in [1.807, 2.05) is 45.0 Å². The Morgan fingerprint density at radius 1 is 1.08 bits per heavy atom. The molecule has 2 N–H and O–H groups in total. The van der Waals surface area contributed by atoms with Crippen LogP contribution in [0.4, 0.5) is 5.69 Å². The molecule has 1 fully saturated rings. The van der Waals surface area contributed by atoms with Crippen molar-refractivity contribution >= 4 is 11.6 Å². The van der Waals surface area contributed by atoms with E-state index in [2.05, 4.69) is 47.0 Å².